The summed E-state index contributed by atoms with van der Waals surface area (Å²) in [5, 5.41) is 22.0. The van der Waals surface area contributed by atoms with Crippen molar-refractivity contribution in [2.45, 2.75) is 23.5 Å². The van der Waals surface area contributed by atoms with Crippen LogP contribution in [-0.4, -0.2) is 21.9 Å². The fourth-order valence-electron chi connectivity index (χ4n) is 2.34. The Labute approximate surface area is 165 Å². The predicted octanol–water partition coefficient (Wildman–Crippen LogP) is 4.27. The van der Waals surface area contributed by atoms with Crippen LogP contribution in [0.3, 0.4) is 0 Å². The lowest BCUT2D eigenvalue weighted by atomic mass is 10.2. The lowest BCUT2D eigenvalue weighted by Crippen LogP contribution is -2.14. The van der Waals surface area contributed by atoms with Crippen molar-refractivity contribution in [1.29, 1.82) is 5.26 Å². The zero-order valence-electron chi connectivity index (χ0n) is 14.5. The van der Waals surface area contributed by atoms with Crippen LogP contribution in [0.4, 0.5) is 5.69 Å². The molecule has 1 heterocycles. The quantitative estimate of drug-likeness (QED) is 0.471. The van der Waals surface area contributed by atoms with E-state index in [9.17, 15) is 4.79 Å². The summed E-state index contributed by atoms with van der Waals surface area (Å²) in [4.78, 5) is 13.0. The number of anilines is 1. The largest absolute Gasteiger partial charge is 0.416 e. The molecule has 1 amide bonds. The van der Waals surface area contributed by atoms with E-state index in [0.29, 0.717) is 17.5 Å². The van der Waals surface area contributed by atoms with E-state index in [1.54, 1.807) is 12.1 Å². The highest BCUT2D eigenvalue weighted by molar-refractivity contribution is 8.03. The van der Waals surface area contributed by atoms with Crippen LogP contribution in [0.2, 0.25) is 0 Å². The van der Waals surface area contributed by atoms with Crippen LogP contribution in [0, 0.1) is 17.6 Å². The normalized spacial score (nSPS) is 10.4. The topological polar surface area (TPSA) is 91.8 Å². The molecule has 8 heteroatoms. The van der Waals surface area contributed by atoms with Crippen LogP contribution in [-0.2, 0) is 11.2 Å². The molecule has 0 fully saturated rings. The molecule has 0 spiro atoms. The molecule has 0 radical (unpaired) electrons. The van der Waals surface area contributed by atoms with Gasteiger partial charge in [-0.1, -0.05) is 42.1 Å². The lowest BCUT2D eigenvalue weighted by Gasteiger charge is -2.08. The maximum atomic E-state index is 12.2. The molecule has 2 aromatic carbocycles. The van der Waals surface area contributed by atoms with Crippen LogP contribution in [0.5, 0.6) is 0 Å². The van der Waals surface area contributed by atoms with Crippen LogP contribution in [0.1, 0.15) is 17.0 Å². The predicted molar refractivity (Wildman–Crippen MR) is 106 cm³/mol. The highest BCUT2D eigenvalue weighted by Gasteiger charge is 2.11. The Morgan fingerprint density at radius 2 is 2.04 bits per heavy atom. The minimum atomic E-state index is -0.161. The molecule has 6 nitrogen and oxygen atoms in total. The maximum absolute atomic E-state index is 12.2. The van der Waals surface area contributed by atoms with Crippen molar-refractivity contribution in [1.82, 2.24) is 10.2 Å². The van der Waals surface area contributed by atoms with Gasteiger partial charge in [-0.05, 0) is 48.0 Å². The van der Waals surface area contributed by atoms with Gasteiger partial charge >= 0.3 is 0 Å². The van der Waals surface area contributed by atoms with E-state index in [-0.39, 0.29) is 11.7 Å². The molecule has 0 aliphatic rings. The number of thiocyanates is 1. The van der Waals surface area contributed by atoms with Gasteiger partial charge < -0.3 is 9.73 Å². The molecule has 0 aliphatic carbocycles. The lowest BCUT2D eigenvalue weighted by molar-refractivity contribution is -0.113. The fraction of sp³-hybridized carbons (Fsp3) is 0.158. The zero-order chi connectivity index (χ0) is 19.1. The number of nitriles is 1. The molecule has 0 saturated carbocycles. The van der Waals surface area contributed by atoms with Crippen LogP contribution in [0.15, 0.2) is 63.1 Å². The summed E-state index contributed by atoms with van der Waals surface area (Å²) < 4.78 is 5.58. The van der Waals surface area contributed by atoms with Gasteiger partial charge in [-0.3, -0.25) is 4.79 Å². The molecule has 0 atom stereocenters. The number of nitrogens with one attached hydrogen (secondary N) is 1. The number of benzene rings is 2. The molecule has 27 heavy (non-hydrogen) atoms. The van der Waals surface area contributed by atoms with Crippen molar-refractivity contribution in [3.63, 3.8) is 0 Å². The molecule has 0 saturated heterocycles. The van der Waals surface area contributed by atoms with Crippen molar-refractivity contribution in [2.75, 3.05) is 11.1 Å². The smallest absolute Gasteiger partial charge is 0.277 e. The van der Waals surface area contributed by atoms with Gasteiger partial charge in [-0.25, -0.2) is 0 Å². The molecule has 0 aliphatic heterocycles. The van der Waals surface area contributed by atoms with E-state index >= 15 is 0 Å². The average molecular weight is 396 g/mol. The van der Waals surface area contributed by atoms with Gasteiger partial charge in [0, 0.05) is 10.6 Å². The highest BCUT2D eigenvalue weighted by Crippen LogP contribution is 2.24. The first kappa shape index (κ1) is 19.0. The third kappa shape index (κ3) is 5.61. The minimum absolute atomic E-state index is 0.161. The van der Waals surface area contributed by atoms with Gasteiger partial charge in [0.2, 0.25) is 11.8 Å². The third-order valence-electron chi connectivity index (χ3n) is 3.61. The number of aromatic nitrogens is 2. The van der Waals surface area contributed by atoms with Crippen LogP contribution >= 0.6 is 23.5 Å². The van der Waals surface area contributed by atoms with Crippen molar-refractivity contribution in [2.24, 2.45) is 0 Å². The summed E-state index contributed by atoms with van der Waals surface area (Å²) in [6, 6.07) is 15.3. The second-order valence-corrected chi connectivity index (χ2v) is 7.42. The number of carbonyl (C=O) groups excluding carboxylic acids is 1. The molecule has 3 rings (SSSR count). The van der Waals surface area contributed by atoms with E-state index in [2.05, 4.69) is 15.5 Å². The van der Waals surface area contributed by atoms with Gasteiger partial charge in [-0.15, -0.1) is 10.2 Å². The first-order valence-electron chi connectivity index (χ1n) is 8.09. The van der Waals surface area contributed by atoms with Gasteiger partial charge in [0.25, 0.3) is 5.22 Å². The van der Waals surface area contributed by atoms with E-state index in [4.69, 9.17) is 9.68 Å². The van der Waals surface area contributed by atoms with Gasteiger partial charge in [0.1, 0.15) is 5.40 Å². The van der Waals surface area contributed by atoms with Crippen molar-refractivity contribution < 1.29 is 9.21 Å². The molecular weight excluding hydrogens is 380 g/mol. The summed E-state index contributed by atoms with van der Waals surface area (Å²) >= 11 is 2.29. The molecule has 136 valence electrons. The summed E-state index contributed by atoms with van der Waals surface area (Å²) in [6.07, 6.45) is 0.562. The fourth-order valence-corrected chi connectivity index (χ4v) is 3.40. The first-order chi connectivity index (χ1) is 13.1. The van der Waals surface area contributed by atoms with Gasteiger partial charge in [0.15, 0.2) is 0 Å². The number of carbonyl (C=O) groups is 1. The Hall–Kier alpha value is -2.76. The van der Waals surface area contributed by atoms with E-state index in [1.807, 2.05) is 48.7 Å². The summed E-state index contributed by atoms with van der Waals surface area (Å²) in [6.45, 7) is 1.89. The molecule has 3 aromatic rings. The minimum Gasteiger partial charge on any atom is -0.416 e. The standard InChI is InChI=1S/C19H16N4O2S2/c1-13-9-15(27-12-20)7-8-16(13)21-17(24)11-26-19-23-22-18(25-19)10-14-5-3-2-4-6-14/h2-9H,10-11H2,1H3,(H,21,24). The Kier molecular flexibility index (Phi) is 6.52. The maximum Gasteiger partial charge on any atom is 0.277 e. The second kappa shape index (κ2) is 9.26. The molecule has 0 bridgehead atoms. The monoisotopic (exact) mass is 396 g/mol. The summed E-state index contributed by atoms with van der Waals surface area (Å²) in [5.41, 5.74) is 2.71. The van der Waals surface area contributed by atoms with Crippen molar-refractivity contribution in [3.8, 4) is 5.40 Å². The summed E-state index contributed by atoms with van der Waals surface area (Å²) in [7, 11) is 0. The van der Waals surface area contributed by atoms with Crippen LogP contribution in [0.25, 0.3) is 0 Å². The Bertz CT molecular complexity index is 967. The Morgan fingerprint density at radius 1 is 1.22 bits per heavy atom. The van der Waals surface area contributed by atoms with Crippen molar-refractivity contribution in [3.05, 3.63) is 65.5 Å². The number of rotatable bonds is 7. The third-order valence-corrected chi connectivity index (χ3v) is 5.01. The number of amides is 1. The number of aryl methyl sites for hydroxylation is 1. The van der Waals surface area contributed by atoms with Gasteiger partial charge in [0.05, 0.1) is 12.2 Å². The Balaban J connectivity index is 1.52. The molecule has 1 aromatic heterocycles. The number of thioether (sulfide) groups is 2. The highest BCUT2D eigenvalue weighted by atomic mass is 32.2. The molecule has 1 N–H and O–H groups in total. The Morgan fingerprint density at radius 3 is 2.78 bits per heavy atom. The van der Waals surface area contributed by atoms with Crippen LogP contribution < -0.4 is 5.32 Å². The van der Waals surface area contributed by atoms with E-state index < -0.39 is 0 Å². The summed E-state index contributed by atoms with van der Waals surface area (Å²) in [5.74, 6) is 0.526. The SMILES string of the molecule is Cc1cc(SC#N)ccc1NC(=O)CSc1nnc(Cc2ccccc2)o1. The van der Waals surface area contributed by atoms with E-state index in [1.165, 1.54) is 11.8 Å². The molecular formula is C19H16N4O2S2. The van der Waals surface area contributed by atoms with Gasteiger partial charge in [-0.2, -0.15) is 5.26 Å². The number of nitrogens with zero attached hydrogens (tertiary/aromatic N) is 3. The van der Waals surface area contributed by atoms with E-state index in [0.717, 1.165) is 33.5 Å². The van der Waals surface area contributed by atoms with Crippen molar-refractivity contribution >= 4 is 35.1 Å². The average Bonchev–Trinajstić information content (AvgIpc) is 3.11. The zero-order valence-corrected chi connectivity index (χ0v) is 16.1. The number of hydrogen-bond donors (Lipinski definition) is 1. The number of hydrogen-bond acceptors (Lipinski definition) is 7. The molecule has 0 unspecified atom stereocenters. The second-order valence-electron chi connectivity index (χ2n) is 5.63. The first-order valence-corrected chi connectivity index (χ1v) is 9.90.